The first-order chi connectivity index (χ1) is 14.6. The minimum absolute atomic E-state index is 0.0552. The second-order valence-electron chi connectivity index (χ2n) is 6.32. The van der Waals surface area contributed by atoms with E-state index in [1.807, 2.05) is 0 Å². The fourth-order valence-electron chi connectivity index (χ4n) is 2.94. The quantitative estimate of drug-likeness (QED) is 0.416. The van der Waals surface area contributed by atoms with Gasteiger partial charge in [0.15, 0.2) is 17.1 Å². The SMILES string of the molecule is C=CC(=O)Nc1cccc(Oc2cnc3[nH]cc(-c4ccc(O)c(OC)c4)c3n2)c1. The Kier molecular flexibility index (Phi) is 5.04. The van der Waals surface area contributed by atoms with Crippen LogP contribution in [0.3, 0.4) is 0 Å². The van der Waals surface area contributed by atoms with Crippen molar-refractivity contribution in [2.24, 2.45) is 0 Å². The molecule has 0 spiro atoms. The highest BCUT2D eigenvalue weighted by atomic mass is 16.5. The molecular formula is C22H18N4O4. The number of carbonyl (C=O) groups is 1. The molecule has 4 aromatic rings. The van der Waals surface area contributed by atoms with Crippen molar-refractivity contribution in [3.05, 3.63) is 67.5 Å². The number of rotatable bonds is 6. The number of methoxy groups -OCH3 is 1. The van der Waals surface area contributed by atoms with E-state index in [1.54, 1.807) is 48.7 Å². The number of benzene rings is 2. The molecule has 1 amide bonds. The molecule has 0 saturated carbocycles. The molecule has 0 unspecified atom stereocenters. The van der Waals surface area contributed by atoms with Crippen LogP contribution < -0.4 is 14.8 Å². The Morgan fingerprint density at radius 1 is 1.27 bits per heavy atom. The molecule has 4 rings (SSSR count). The maximum absolute atomic E-state index is 11.5. The first kappa shape index (κ1) is 19.0. The summed E-state index contributed by atoms with van der Waals surface area (Å²) in [4.78, 5) is 23.5. The monoisotopic (exact) mass is 402 g/mol. The minimum atomic E-state index is -0.311. The summed E-state index contributed by atoms with van der Waals surface area (Å²) in [5.74, 6) is 0.894. The zero-order valence-corrected chi connectivity index (χ0v) is 16.0. The van der Waals surface area contributed by atoms with Gasteiger partial charge in [0.25, 0.3) is 0 Å². The van der Waals surface area contributed by atoms with Crippen LogP contribution in [0.15, 0.2) is 67.5 Å². The molecular weight excluding hydrogens is 384 g/mol. The smallest absolute Gasteiger partial charge is 0.247 e. The van der Waals surface area contributed by atoms with Crippen molar-refractivity contribution in [2.45, 2.75) is 0 Å². The number of hydrogen-bond donors (Lipinski definition) is 3. The summed E-state index contributed by atoms with van der Waals surface area (Å²) in [6.07, 6.45) is 4.49. The van der Waals surface area contributed by atoms with Gasteiger partial charge in [-0.15, -0.1) is 0 Å². The predicted molar refractivity (Wildman–Crippen MR) is 113 cm³/mol. The lowest BCUT2D eigenvalue weighted by Crippen LogP contribution is -2.07. The van der Waals surface area contributed by atoms with Crippen LogP contribution >= 0.6 is 0 Å². The number of hydrogen-bond acceptors (Lipinski definition) is 6. The van der Waals surface area contributed by atoms with Gasteiger partial charge in [-0.2, -0.15) is 0 Å². The summed E-state index contributed by atoms with van der Waals surface area (Å²) in [5, 5.41) is 12.5. The Labute approximate surface area is 171 Å². The van der Waals surface area contributed by atoms with E-state index in [0.717, 1.165) is 11.1 Å². The zero-order valence-electron chi connectivity index (χ0n) is 16.0. The van der Waals surface area contributed by atoms with Crippen molar-refractivity contribution in [2.75, 3.05) is 12.4 Å². The van der Waals surface area contributed by atoms with E-state index in [-0.39, 0.29) is 11.7 Å². The Morgan fingerprint density at radius 3 is 2.93 bits per heavy atom. The molecule has 0 fully saturated rings. The summed E-state index contributed by atoms with van der Waals surface area (Å²) in [7, 11) is 1.49. The number of phenols is 1. The van der Waals surface area contributed by atoms with Crippen molar-refractivity contribution < 1.29 is 19.4 Å². The zero-order chi connectivity index (χ0) is 21.1. The van der Waals surface area contributed by atoms with Gasteiger partial charge in [0, 0.05) is 23.5 Å². The number of nitrogens with one attached hydrogen (secondary N) is 2. The van der Waals surface area contributed by atoms with Gasteiger partial charge in [0.05, 0.1) is 13.3 Å². The highest BCUT2D eigenvalue weighted by Gasteiger charge is 2.13. The second-order valence-corrected chi connectivity index (χ2v) is 6.32. The van der Waals surface area contributed by atoms with E-state index in [4.69, 9.17) is 9.47 Å². The van der Waals surface area contributed by atoms with Crippen LogP contribution in [0.25, 0.3) is 22.3 Å². The lowest BCUT2D eigenvalue weighted by molar-refractivity contribution is -0.111. The third-order valence-corrected chi connectivity index (χ3v) is 4.36. The van der Waals surface area contributed by atoms with Crippen LogP contribution in [0, 0.1) is 0 Å². The van der Waals surface area contributed by atoms with E-state index in [0.29, 0.717) is 34.2 Å². The molecule has 2 aromatic carbocycles. The number of amides is 1. The first-order valence-corrected chi connectivity index (χ1v) is 9.00. The number of nitrogens with zero attached hydrogens (tertiary/aromatic N) is 2. The van der Waals surface area contributed by atoms with Crippen molar-refractivity contribution in [1.82, 2.24) is 15.0 Å². The van der Waals surface area contributed by atoms with Gasteiger partial charge < -0.3 is 24.9 Å². The molecule has 0 atom stereocenters. The molecule has 30 heavy (non-hydrogen) atoms. The predicted octanol–water partition coefficient (Wildman–Crippen LogP) is 4.26. The third kappa shape index (κ3) is 3.79. The molecule has 3 N–H and O–H groups in total. The van der Waals surface area contributed by atoms with Crippen molar-refractivity contribution in [1.29, 1.82) is 0 Å². The minimum Gasteiger partial charge on any atom is -0.504 e. The molecule has 2 heterocycles. The standard InChI is InChI=1S/C22H18N4O4/c1-3-19(28)25-14-5-4-6-15(10-14)30-20-12-24-22-21(26-20)16(11-23-22)13-7-8-17(27)18(9-13)29-2/h3-12,27H,1H2,2H3,(H,23,24)(H,25,28). The molecule has 8 heteroatoms. The lowest BCUT2D eigenvalue weighted by atomic mass is 10.1. The molecule has 0 saturated heterocycles. The average Bonchev–Trinajstić information content (AvgIpc) is 3.17. The Hall–Kier alpha value is -4.33. The largest absolute Gasteiger partial charge is 0.504 e. The summed E-state index contributed by atoms with van der Waals surface area (Å²) in [6, 6.07) is 12.0. The van der Waals surface area contributed by atoms with Crippen LogP contribution in [-0.4, -0.2) is 33.1 Å². The maximum Gasteiger partial charge on any atom is 0.247 e. The highest BCUT2D eigenvalue weighted by Crippen LogP contribution is 2.34. The van der Waals surface area contributed by atoms with E-state index in [1.165, 1.54) is 19.4 Å². The third-order valence-electron chi connectivity index (χ3n) is 4.36. The summed E-state index contributed by atoms with van der Waals surface area (Å²) in [5.41, 5.74) is 3.36. The molecule has 0 bridgehead atoms. The summed E-state index contributed by atoms with van der Waals surface area (Å²) < 4.78 is 11.0. The Morgan fingerprint density at radius 2 is 2.13 bits per heavy atom. The topological polar surface area (TPSA) is 109 Å². The lowest BCUT2D eigenvalue weighted by Gasteiger charge is -2.08. The number of phenolic OH excluding ortho intramolecular Hbond substituents is 1. The number of carbonyl (C=O) groups excluding carboxylic acids is 1. The van der Waals surface area contributed by atoms with Gasteiger partial charge in [0.1, 0.15) is 11.3 Å². The van der Waals surface area contributed by atoms with E-state index in [9.17, 15) is 9.90 Å². The second kappa shape index (κ2) is 7.96. The number of anilines is 1. The number of aromatic hydroxyl groups is 1. The van der Waals surface area contributed by atoms with Gasteiger partial charge >= 0.3 is 0 Å². The first-order valence-electron chi connectivity index (χ1n) is 9.00. The van der Waals surface area contributed by atoms with Crippen LogP contribution in [0.5, 0.6) is 23.1 Å². The van der Waals surface area contributed by atoms with Crippen LogP contribution in [0.1, 0.15) is 0 Å². The number of fused-ring (bicyclic) bond motifs is 1. The molecule has 150 valence electrons. The molecule has 0 radical (unpaired) electrons. The van der Waals surface area contributed by atoms with E-state index >= 15 is 0 Å². The van der Waals surface area contributed by atoms with Crippen LogP contribution in [-0.2, 0) is 4.79 Å². The van der Waals surface area contributed by atoms with E-state index in [2.05, 4.69) is 26.8 Å². The Balaban J connectivity index is 1.66. The number of aromatic nitrogens is 3. The fourth-order valence-corrected chi connectivity index (χ4v) is 2.94. The van der Waals surface area contributed by atoms with Gasteiger partial charge in [-0.25, -0.2) is 9.97 Å². The highest BCUT2D eigenvalue weighted by molar-refractivity contribution is 5.99. The number of aromatic amines is 1. The summed E-state index contributed by atoms with van der Waals surface area (Å²) in [6.45, 7) is 3.43. The molecule has 0 aliphatic carbocycles. The van der Waals surface area contributed by atoms with Crippen molar-refractivity contribution in [3.63, 3.8) is 0 Å². The number of H-pyrrole nitrogens is 1. The van der Waals surface area contributed by atoms with Crippen LogP contribution in [0.2, 0.25) is 0 Å². The Bertz CT molecular complexity index is 1250. The summed E-state index contributed by atoms with van der Waals surface area (Å²) >= 11 is 0. The van der Waals surface area contributed by atoms with E-state index < -0.39 is 0 Å². The van der Waals surface area contributed by atoms with Gasteiger partial charge in [-0.1, -0.05) is 18.7 Å². The van der Waals surface area contributed by atoms with Crippen molar-refractivity contribution in [3.8, 4) is 34.3 Å². The maximum atomic E-state index is 11.5. The molecule has 0 aliphatic rings. The fraction of sp³-hybridized carbons (Fsp3) is 0.0455. The van der Waals surface area contributed by atoms with Gasteiger partial charge in [-0.3, -0.25) is 4.79 Å². The molecule has 8 nitrogen and oxygen atoms in total. The average molecular weight is 402 g/mol. The molecule has 0 aliphatic heterocycles. The van der Waals surface area contributed by atoms with Gasteiger partial charge in [0.2, 0.25) is 11.8 Å². The van der Waals surface area contributed by atoms with Crippen molar-refractivity contribution >= 4 is 22.8 Å². The molecule has 2 aromatic heterocycles. The van der Waals surface area contributed by atoms with Gasteiger partial charge in [-0.05, 0) is 35.9 Å². The number of ether oxygens (including phenoxy) is 2. The normalized spacial score (nSPS) is 10.6. The van der Waals surface area contributed by atoms with Crippen LogP contribution in [0.4, 0.5) is 5.69 Å².